The van der Waals surface area contributed by atoms with Crippen molar-refractivity contribution < 1.29 is 4.74 Å². The van der Waals surface area contributed by atoms with E-state index < -0.39 is 0 Å². The van der Waals surface area contributed by atoms with E-state index in [1.165, 1.54) is 51.4 Å². The van der Waals surface area contributed by atoms with Gasteiger partial charge in [0.25, 0.3) is 0 Å². The first-order chi connectivity index (χ1) is 9.23. The van der Waals surface area contributed by atoms with Crippen LogP contribution in [0.4, 0.5) is 0 Å². The lowest BCUT2D eigenvalue weighted by Gasteiger charge is -2.59. The monoisotopic (exact) mass is 263 g/mol. The molecule has 1 heterocycles. The van der Waals surface area contributed by atoms with E-state index in [0.29, 0.717) is 17.6 Å². The highest BCUT2D eigenvalue weighted by Gasteiger charge is 2.53. The molecule has 1 unspecified atom stereocenters. The molecule has 19 heavy (non-hydrogen) atoms. The van der Waals surface area contributed by atoms with Crippen molar-refractivity contribution in [3.63, 3.8) is 0 Å². The maximum Gasteiger partial charge on any atom is 0.0607 e. The second-order valence-electron chi connectivity index (χ2n) is 8.01. The quantitative estimate of drug-likeness (QED) is 0.843. The summed E-state index contributed by atoms with van der Waals surface area (Å²) in [7, 11) is 0. The zero-order valence-corrected chi connectivity index (χ0v) is 12.4. The zero-order valence-electron chi connectivity index (χ0n) is 12.4. The zero-order chi connectivity index (χ0) is 12.9. The van der Waals surface area contributed by atoms with Crippen LogP contribution in [-0.2, 0) is 4.74 Å². The molecular formula is C17H29NO. The second kappa shape index (κ2) is 4.73. The van der Waals surface area contributed by atoms with Crippen LogP contribution in [-0.4, -0.2) is 25.3 Å². The molecule has 2 heteroatoms. The van der Waals surface area contributed by atoms with Gasteiger partial charge in [-0.15, -0.1) is 0 Å². The molecule has 0 spiro atoms. The third-order valence-electron chi connectivity index (χ3n) is 6.63. The van der Waals surface area contributed by atoms with E-state index in [-0.39, 0.29) is 0 Å². The van der Waals surface area contributed by atoms with Gasteiger partial charge in [0.2, 0.25) is 0 Å². The minimum atomic E-state index is 0.504. The third-order valence-corrected chi connectivity index (χ3v) is 6.63. The van der Waals surface area contributed by atoms with Crippen LogP contribution in [0.5, 0.6) is 0 Å². The molecule has 5 fully saturated rings. The molecule has 4 bridgehead atoms. The lowest BCUT2D eigenvalue weighted by molar-refractivity contribution is -0.156. The Morgan fingerprint density at radius 3 is 2.00 bits per heavy atom. The van der Waals surface area contributed by atoms with Gasteiger partial charge >= 0.3 is 0 Å². The minimum Gasteiger partial charge on any atom is -0.375 e. The first kappa shape index (κ1) is 12.6. The molecular weight excluding hydrogens is 234 g/mol. The average molecular weight is 263 g/mol. The van der Waals surface area contributed by atoms with Crippen molar-refractivity contribution >= 4 is 0 Å². The molecule has 1 aliphatic heterocycles. The third kappa shape index (κ3) is 2.25. The number of nitrogens with one attached hydrogen (secondary N) is 1. The van der Waals surface area contributed by atoms with E-state index in [9.17, 15) is 0 Å². The molecule has 1 N–H and O–H groups in total. The number of hydrogen-bond acceptors (Lipinski definition) is 2. The fourth-order valence-corrected chi connectivity index (χ4v) is 6.04. The van der Waals surface area contributed by atoms with E-state index in [1.807, 2.05) is 0 Å². The summed E-state index contributed by atoms with van der Waals surface area (Å²) >= 11 is 0. The Labute approximate surface area is 117 Å². The van der Waals surface area contributed by atoms with Gasteiger partial charge in [-0.1, -0.05) is 0 Å². The standard InChI is InChI=1S/C17H29NO/c1-12(19-16-2-4-18-5-3-16)17-9-13-6-14(10-17)8-15(7-13)11-17/h12-16,18H,2-11H2,1H3. The highest BCUT2D eigenvalue weighted by atomic mass is 16.5. The summed E-state index contributed by atoms with van der Waals surface area (Å²) in [5, 5.41) is 3.44. The van der Waals surface area contributed by atoms with Gasteiger partial charge in [0.15, 0.2) is 0 Å². The van der Waals surface area contributed by atoms with Crippen LogP contribution in [0.1, 0.15) is 58.3 Å². The van der Waals surface area contributed by atoms with Crippen LogP contribution in [0.25, 0.3) is 0 Å². The first-order valence-corrected chi connectivity index (χ1v) is 8.60. The number of ether oxygens (including phenoxy) is 1. The van der Waals surface area contributed by atoms with Gasteiger partial charge in [-0.3, -0.25) is 0 Å². The van der Waals surface area contributed by atoms with Crippen LogP contribution >= 0.6 is 0 Å². The van der Waals surface area contributed by atoms with Crippen molar-refractivity contribution in [2.24, 2.45) is 23.2 Å². The molecule has 1 saturated heterocycles. The molecule has 2 nitrogen and oxygen atoms in total. The molecule has 5 rings (SSSR count). The Morgan fingerprint density at radius 1 is 0.947 bits per heavy atom. The van der Waals surface area contributed by atoms with E-state index in [4.69, 9.17) is 4.74 Å². The van der Waals surface area contributed by atoms with Gasteiger partial charge in [-0.05, 0) is 94.5 Å². The fraction of sp³-hybridized carbons (Fsp3) is 1.00. The molecule has 0 radical (unpaired) electrons. The van der Waals surface area contributed by atoms with Gasteiger partial charge in [-0.2, -0.15) is 0 Å². The first-order valence-electron chi connectivity index (χ1n) is 8.60. The predicted octanol–water partition coefficient (Wildman–Crippen LogP) is 3.36. The predicted molar refractivity (Wildman–Crippen MR) is 77.0 cm³/mol. The summed E-state index contributed by atoms with van der Waals surface area (Å²) in [6, 6.07) is 0. The second-order valence-corrected chi connectivity index (χ2v) is 8.01. The smallest absolute Gasteiger partial charge is 0.0607 e. The number of piperidine rings is 1. The Kier molecular flexibility index (Phi) is 3.15. The normalized spacial score (nSPS) is 47.5. The van der Waals surface area contributed by atoms with Crippen LogP contribution < -0.4 is 5.32 Å². The highest BCUT2D eigenvalue weighted by molar-refractivity contribution is 5.04. The van der Waals surface area contributed by atoms with Gasteiger partial charge in [-0.25, -0.2) is 0 Å². The van der Waals surface area contributed by atoms with E-state index in [0.717, 1.165) is 30.8 Å². The van der Waals surface area contributed by atoms with Gasteiger partial charge in [0.1, 0.15) is 0 Å². The summed E-state index contributed by atoms with van der Waals surface area (Å²) < 4.78 is 6.54. The summed E-state index contributed by atoms with van der Waals surface area (Å²) in [5.74, 6) is 3.14. The van der Waals surface area contributed by atoms with Gasteiger partial charge < -0.3 is 10.1 Å². The minimum absolute atomic E-state index is 0.504. The van der Waals surface area contributed by atoms with E-state index in [2.05, 4.69) is 12.2 Å². The Morgan fingerprint density at radius 2 is 1.47 bits per heavy atom. The Hall–Kier alpha value is -0.0800. The molecule has 0 aromatic rings. The average Bonchev–Trinajstić information content (AvgIpc) is 2.38. The van der Waals surface area contributed by atoms with E-state index in [1.54, 1.807) is 0 Å². The summed E-state index contributed by atoms with van der Waals surface area (Å²) in [6.45, 7) is 4.70. The van der Waals surface area contributed by atoms with Crippen molar-refractivity contribution in [1.82, 2.24) is 5.32 Å². The molecule has 108 valence electrons. The van der Waals surface area contributed by atoms with Crippen molar-refractivity contribution in [1.29, 1.82) is 0 Å². The molecule has 5 aliphatic rings. The molecule has 4 saturated carbocycles. The van der Waals surface area contributed by atoms with Gasteiger partial charge in [0, 0.05) is 0 Å². The Balaban J connectivity index is 1.45. The number of hydrogen-bond donors (Lipinski definition) is 1. The SMILES string of the molecule is CC(OC1CCNCC1)C12CC3CC(CC(C3)C1)C2. The van der Waals surface area contributed by atoms with Crippen LogP contribution in [0.15, 0.2) is 0 Å². The fourth-order valence-electron chi connectivity index (χ4n) is 6.04. The number of rotatable bonds is 3. The summed E-state index contributed by atoms with van der Waals surface area (Å²) in [4.78, 5) is 0. The van der Waals surface area contributed by atoms with Crippen molar-refractivity contribution in [3.05, 3.63) is 0 Å². The molecule has 1 atom stereocenters. The summed E-state index contributed by atoms with van der Waals surface area (Å²) in [6.07, 6.45) is 12.5. The lowest BCUT2D eigenvalue weighted by atomic mass is 9.48. The Bertz CT molecular complexity index is 299. The van der Waals surface area contributed by atoms with E-state index >= 15 is 0 Å². The largest absolute Gasteiger partial charge is 0.375 e. The van der Waals surface area contributed by atoms with Crippen LogP contribution in [0.2, 0.25) is 0 Å². The highest BCUT2D eigenvalue weighted by Crippen LogP contribution is 2.61. The topological polar surface area (TPSA) is 21.3 Å². The van der Waals surface area contributed by atoms with Crippen molar-refractivity contribution in [2.45, 2.75) is 70.5 Å². The van der Waals surface area contributed by atoms with Gasteiger partial charge in [0.05, 0.1) is 12.2 Å². The van der Waals surface area contributed by atoms with Crippen molar-refractivity contribution in [3.8, 4) is 0 Å². The van der Waals surface area contributed by atoms with Crippen molar-refractivity contribution in [2.75, 3.05) is 13.1 Å². The molecule has 0 aromatic carbocycles. The summed E-state index contributed by atoms with van der Waals surface area (Å²) in [5.41, 5.74) is 0.569. The molecule has 0 amide bonds. The maximum absolute atomic E-state index is 6.54. The lowest BCUT2D eigenvalue weighted by Crippen LogP contribution is -2.52. The maximum atomic E-state index is 6.54. The molecule has 4 aliphatic carbocycles. The van der Waals surface area contributed by atoms with Crippen LogP contribution in [0.3, 0.4) is 0 Å². The molecule has 0 aromatic heterocycles. The van der Waals surface area contributed by atoms with Crippen LogP contribution in [0, 0.1) is 23.2 Å².